The zero-order chi connectivity index (χ0) is 14.9. The first-order chi connectivity index (χ1) is 9.43. The van der Waals surface area contributed by atoms with Gasteiger partial charge in [-0.3, -0.25) is 9.69 Å². The number of aliphatic hydroxyl groups is 1. The molecule has 4 heteroatoms. The van der Waals surface area contributed by atoms with Crippen molar-refractivity contribution < 1.29 is 14.6 Å². The van der Waals surface area contributed by atoms with Gasteiger partial charge in [-0.1, -0.05) is 29.8 Å². The van der Waals surface area contributed by atoms with Gasteiger partial charge >= 0.3 is 5.97 Å². The van der Waals surface area contributed by atoms with Crippen molar-refractivity contribution in [3.8, 4) is 0 Å². The fourth-order valence-electron chi connectivity index (χ4n) is 3.26. The third kappa shape index (κ3) is 2.34. The van der Waals surface area contributed by atoms with Crippen molar-refractivity contribution in [3.63, 3.8) is 0 Å². The molecule has 1 heterocycles. The van der Waals surface area contributed by atoms with Gasteiger partial charge in [0.25, 0.3) is 0 Å². The zero-order valence-corrected chi connectivity index (χ0v) is 12.6. The fourth-order valence-corrected chi connectivity index (χ4v) is 3.26. The van der Waals surface area contributed by atoms with Gasteiger partial charge < -0.3 is 9.84 Å². The Kier molecular flexibility index (Phi) is 4.16. The number of hydrogen-bond donors (Lipinski definition) is 1. The number of likely N-dealkylation sites (tertiary alicyclic amines) is 1. The lowest BCUT2D eigenvalue weighted by Crippen LogP contribution is -2.47. The molecule has 110 valence electrons. The Morgan fingerprint density at radius 2 is 2.05 bits per heavy atom. The van der Waals surface area contributed by atoms with Gasteiger partial charge in [0.2, 0.25) is 0 Å². The number of hydrogen-bond acceptors (Lipinski definition) is 4. The number of nitrogens with zero attached hydrogens (tertiary/aromatic N) is 1. The Labute approximate surface area is 120 Å². The summed E-state index contributed by atoms with van der Waals surface area (Å²) >= 11 is 0. The van der Waals surface area contributed by atoms with Crippen LogP contribution in [0.3, 0.4) is 0 Å². The van der Waals surface area contributed by atoms with E-state index in [0.29, 0.717) is 6.42 Å². The number of carbonyl (C=O) groups is 1. The van der Waals surface area contributed by atoms with Crippen LogP contribution in [0.5, 0.6) is 0 Å². The maximum absolute atomic E-state index is 12.1. The fraction of sp³-hybridized carbons (Fsp3) is 0.562. The average molecular weight is 277 g/mol. The summed E-state index contributed by atoms with van der Waals surface area (Å²) in [5.74, 6) is -0.208. The van der Waals surface area contributed by atoms with Crippen LogP contribution in [0, 0.1) is 12.8 Å². The minimum Gasteiger partial charge on any atom is -0.468 e. The van der Waals surface area contributed by atoms with Crippen LogP contribution in [0.1, 0.15) is 30.5 Å². The number of aliphatic hydroxyl groups excluding tert-OH is 1. The second kappa shape index (κ2) is 5.54. The molecule has 1 aromatic carbocycles. The second-order valence-corrected chi connectivity index (χ2v) is 5.88. The zero-order valence-electron chi connectivity index (χ0n) is 12.6. The van der Waals surface area contributed by atoms with E-state index in [1.165, 1.54) is 12.7 Å². The number of benzene rings is 1. The normalized spacial score (nSPS) is 30.4. The molecule has 1 saturated heterocycles. The van der Waals surface area contributed by atoms with Crippen LogP contribution in [0.15, 0.2) is 24.3 Å². The Morgan fingerprint density at radius 1 is 1.45 bits per heavy atom. The predicted octanol–water partition coefficient (Wildman–Crippen LogP) is 1.91. The van der Waals surface area contributed by atoms with E-state index in [9.17, 15) is 9.90 Å². The average Bonchev–Trinajstić information content (AvgIpc) is 2.72. The third-order valence-corrected chi connectivity index (χ3v) is 4.58. The smallest absolute Gasteiger partial charge is 0.326 e. The maximum Gasteiger partial charge on any atom is 0.326 e. The van der Waals surface area contributed by atoms with Crippen molar-refractivity contribution >= 4 is 5.97 Å². The summed E-state index contributed by atoms with van der Waals surface area (Å²) in [6, 6.07) is 8.30. The Hall–Kier alpha value is -1.39. The lowest BCUT2D eigenvalue weighted by Gasteiger charge is -2.33. The van der Waals surface area contributed by atoms with Gasteiger partial charge in [-0.05, 0) is 32.9 Å². The molecule has 4 nitrogen and oxygen atoms in total. The van der Waals surface area contributed by atoms with E-state index >= 15 is 0 Å². The number of aryl methyl sites for hydroxylation is 1. The second-order valence-electron chi connectivity index (χ2n) is 5.88. The third-order valence-electron chi connectivity index (χ3n) is 4.58. The summed E-state index contributed by atoms with van der Waals surface area (Å²) in [7, 11) is 3.34. The van der Waals surface area contributed by atoms with Gasteiger partial charge in [0.15, 0.2) is 0 Å². The van der Waals surface area contributed by atoms with Crippen molar-refractivity contribution in [2.75, 3.05) is 20.8 Å². The van der Waals surface area contributed by atoms with E-state index in [1.54, 1.807) is 0 Å². The van der Waals surface area contributed by atoms with Gasteiger partial charge in [0.1, 0.15) is 5.54 Å². The minimum atomic E-state index is -0.683. The number of methoxy groups -OCH3 is 1. The SMILES string of the molecule is COC(=O)[C@]1(C)C[C@@H](CO)[C@@H](c2ccc(C)cc2)N1C. The highest BCUT2D eigenvalue weighted by atomic mass is 16.5. The van der Waals surface area contributed by atoms with Crippen LogP contribution < -0.4 is 0 Å². The van der Waals surface area contributed by atoms with Crippen LogP contribution >= 0.6 is 0 Å². The summed E-state index contributed by atoms with van der Waals surface area (Å²) in [6.07, 6.45) is 0.602. The van der Waals surface area contributed by atoms with Gasteiger partial charge in [0, 0.05) is 18.6 Å². The molecule has 0 spiro atoms. The van der Waals surface area contributed by atoms with Crippen LogP contribution in [-0.4, -0.2) is 42.3 Å². The molecule has 0 radical (unpaired) electrons. The Balaban J connectivity index is 2.37. The number of ether oxygens (including phenoxy) is 1. The predicted molar refractivity (Wildman–Crippen MR) is 77.3 cm³/mol. The minimum absolute atomic E-state index is 0.0321. The highest BCUT2D eigenvalue weighted by Gasteiger charge is 2.52. The molecule has 1 fully saturated rings. The quantitative estimate of drug-likeness (QED) is 0.858. The number of rotatable bonds is 3. The monoisotopic (exact) mass is 277 g/mol. The van der Waals surface area contributed by atoms with Crippen molar-refractivity contribution in [2.24, 2.45) is 5.92 Å². The topological polar surface area (TPSA) is 49.8 Å². The van der Waals surface area contributed by atoms with E-state index in [-0.39, 0.29) is 24.5 Å². The first-order valence-electron chi connectivity index (χ1n) is 6.93. The first-order valence-corrected chi connectivity index (χ1v) is 6.93. The van der Waals surface area contributed by atoms with E-state index in [4.69, 9.17) is 4.74 Å². The van der Waals surface area contributed by atoms with Crippen molar-refractivity contribution in [3.05, 3.63) is 35.4 Å². The molecule has 3 atom stereocenters. The summed E-state index contributed by atoms with van der Waals surface area (Å²) in [6.45, 7) is 4.00. The van der Waals surface area contributed by atoms with Crippen LogP contribution in [-0.2, 0) is 9.53 Å². The summed E-state index contributed by atoms with van der Waals surface area (Å²) in [5.41, 5.74) is 1.65. The molecule has 0 bridgehead atoms. The molecule has 1 aromatic rings. The number of likely N-dealkylation sites (N-methyl/N-ethyl adjacent to an activating group) is 1. The molecular formula is C16H23NO3. The molecule has 2 rings (SSSR count). The summed E-state index contributed by atoms with van der Waals surface area (Å²) < 4.78 is 4.94. The largest absolute Gasteiger partial charge is 0.468 e. The molecule has 0 aliphatic carbocycles. The molecule has 1 aliphatic heterocycles. The lowest BCUT2D eigenvalue weighted by molar-refractivity contribution is -0.152. The summed E-state index contributed by atoms with van der Waals surface area (Å²) in [4.78, 5) is 14.1. The molecular weight excluding hydrogens is 254 g/mol. The van der Waals surface area contributed by atoms with Crippen LogP contribution in [0.25, 0.3) is 0 Å². The van der Waals surface area contributed by atoms with Crippen molar-refractivity contribution in [1.29, 1.82) is 0 Å². The van der Waals surface area contributed by atoms with Crippen molar-refractivity contribution in [1.82, 2.24) is 4.90 Å². The highest BCUT2D eigenvalue weighted by Crippen LogP contribution is 2.45. The van der Waals surface area contributed by atoms with Gasteiger partial charge in [0.05, 0.1) is 7.11 Å². The lowest BCUT2D eigenvalue weighted by atomic mass is 9.90. The van der Waals surface area contributed by atoms with Crippen LogP contribution in [0.4, 0.5) is 0 Å². The Morgan fingerprint density at radius 3 is 2.55 bits per heavy atom. The highest BCUT2D eigenvalue weighted by molar-refractivity contribution is 5.80. The molecule has 0 amide bonds. The first kappa shape index (κ1) is 15.0. The molecule has 0 unspecified atom stereocenters. The summed E-state index contributed by atoms with van der Waals surface area (Å²) in [5, 5.41) is 9.68. The molecule has 0 saturated carbocycles. The molecule has 20 heavy (non-hydrogen) atoms. The van der Waals surface area contributed by atoms with E-state index < -0.39 is 5.54 Å². The van der Waals surface area contributed by atoms with E-state index in [2.05, 4.69) is 24.3 Å². The van der Waals surface area contributed by atoms with Gasteiger partial charge in [-0.2, -0.15) is 0 Å². The number of carbonyl (C=O) groups excluding carboxylic acids is 1. The molecule has 1 N–H and O–H groups in total. The maximum atomic E-state index is 12.1. The van der Waals surface area contributed by atoms with Crippen molar-refractivity contribution in [2.45, 2.75) is 31.8 Å². The van der Waals surface area contributed by atoms with Crippen LogP contribution in [0.2, 0.25) is 0 Å². The number of esters is 1. The van der Waals surface area contributed by atoms with E-state index in [0.717, 1.165) is 5.56 Å². The standard InChI is InChI=1S/C16H23NO3/c1-11-5-7-12(8-6-11)14-13(10-18)9-16(2,17(14)3)15(19)20-4/h5-8,13-14,18H,9-10H2,1-4H3/t13-,14+,16-/m0/s1. The Bertz CT molecular complexity index is 485. The van der Waals surface area contributed by atoms with Gasteiger partial charge in [-0.15, -0.1) is 0 Å². The molecule has 0 aromatic heterocycles. The molecule has 1 aliphatic rings. The van der Waals surface area contributed by atoms with E-state index in [1.807, 2.05) is 25.8 Å². The van der Waals surface area contributed by atoms with Gasteiger partial charge in [-0.25, -0.2) is 0 Å².